The van der Waals surface area contributed by atoms with Crippen molar-refractivity contribution in [1.29, 1.82) is 0 Å². The van der Waals surface area contributed by atoms with E-state index in [1.807, 2.05) is 0 Å². The summed E-state index contributed by atoms with van der Waals surface area (Å²) < 4.78 is 0. The maximum atomic E-state index is 10.8. The summed E-state index contributed by atoms with van der Waals surface area (Å²) >= 11 is 0. The first-order valence-corrected chi connectivity index (χ1v) is 5.73. The maximum absolute atomic E-state index is 10.8. The smallest absolute Gasteiger partial charge is 0.307 e. The van der Waals surface area contributed by atoms with Crippen molar-refractivity contribution < 1.29 is 9.90 Å². The summed E-state index contributed by atoms with van der Waals surface area (Å²) in [5, 5.41) is 8.87. The molecule has 0 amide bonds. The summed E-state index contributed by atoms with van der Waals surface area (Å²) in [5.41, 5.74) is 2.62. The fourth-order valence-electron chi connectivity index (χ4n) is 2.07. The Morgan fingerprint density at radius 3 is 2.19 bits per heavy atom. The molecule has 2 heteroatoms. The summed E-state index contributed by atoms with van der Waals surface area (Å²) in [6.45, 7) is 6.54. The van der Waals surface area contributed by atoms with Crippen LogP contribution in [0, 0.1) is 5.92 Å². The second-order valence-electron chi connectivity index (χ2n) is 5.66. The topological polar surface area (TPSA) is 37.3 Å². The normalized spacial score (nSPS) is 24.2. The number of carbonyl (C=O) groups is 1. The van der Waals surface area contributed by atoms with Crippen molar-refractivity contribution in [3.8, 4) is 0 Å². The van der Waals surface area contributed by atoms with E-state index in [0.717, 1.165) is 6.42 Å². The van der Waals surface area contributed by atoms with Gasteiger partial charge in [-0.1, -0.05) is 45.0 Å². The van der Waals surface area contributed by atoms with Crippen LogP contribution in [0.4, 0.5) is 0 Å². The lowest BCUT2D eigenvalue weighted by Crippen LogP contribution is -2.10. The van der Waals surface area contributed by atoms with E-state index in [4.69, 9.17) is 5.11 Å². The first-order valence-electron chi connectivity index (χ1n) is 5.73. The molecule has 0 aliphatic heterocycles. The molecule has 16 heavy (non-hydrogen) atoms. The van der Waals surface area contributed by atoms with Gasteiger partial charge in [0.2, 0.25) is 0 Å². The van der Waals surface area contributed by atoms with Crippen LogP contribution in [0.2, 0.25) is 0 Å². The third kappa shape index (κ3) is 2.11. The van der Waals surface area contributed by atoms with Crippen LogP contribution >= 0.6 is 0 Å². The summed E-state index contributed by atoms with van der Waals surface area (Å²) in [6.07, 6.45) is 0.796. The van der Waals surface area contributed by atoms with Crippen molar-refractivity contribution >= 4 is 5.97 Å². The molecule has 1 N–H and O–H groups in total. The molecule has 0 saturated heterocycles. The van der Waals surface area contributed by atoms with E-state index >= 15 is 0 Å². The van der Waals surface area contributed by atoms with E-state index in [1.165, 1.54) is 11.1 Å². The molecular weight excluding hydrogens is 200 g/mol. The van der Waals surface area contributed by atoms with Crippen LogP contribution in [-0.4, -0.2) is 11.1 Å². The first kappa shape index (κ1) is 11.2. The van der Waals surface area contributed by atoms with Gasteiger partial charge in [-0.05, 0) is 28.9 Å². The molecular formula is C14H18O2. The van der Waals surface area contributed by atoms with Crippen LogP contribution in [0.15, 0.2) is 24.3 Å². The number of aliphatic carboxylic acids is 1. The highest BCUT2D eigenvalue weighted by molar-refractivity contribution is 5.75. The molecule has 0 unspecified atom stereocenters. The van der Waals surface area contributed by atoms with E-state index in [2.05, 4.69) is 45.0 Å². The van der Waals surface area contributed by atoms with Gasteiger partial charge >= 0.3 is 5.97 Å². The summed E-state index contributed by atoms with van der Waals surface area (Å²) in [5.74, 6) is -0.572. The minimum atomic E-state index is -0.662. The summed E-state index contributed by atoms with van der Waals surface area (Å²) in [6, 6.07) is 8.39. The minimum absolute atomic E-state index is 0.152. The number of carboxylic acids is 1. The third-order valence-electron chi connectivity index (χ3n) is 3.31. The molecule has 2 atom stereocenters. The molecule has 0 heterocycles. The molecule has 2 rings (SSSR count). The molecule has 0 spiro atoms. The van der Waals surface area contributed by atoms with E-state index in [9.17, 15) is 4.79 Å². The Balaban J connectivity index is 2.13. The number of carboxylic acid groups (broad SMARTS) is 1. The highest BCUT2D eigenvalue weighted by Gasteiger charge is 2.44. The van der Waals surface area contributed by atoms with E-state index in [0.29, 0.717) is 0 Å². The lowest BCUT2D eigenvalue weighted by atomic mass is 9.86. The lowest BCUT2D eigenvalue weighted by molar-refractivity contribution is -0.138. The third-order valence-corrected chi connectivity index (χ3v) is 3.31. The molecule has 86 valence electrons. The Kier molecular flexibility index (Phi) is 2.53. The standard InChI is InChI=1S/C14H18O2/c1-14(2,3)10-6-4-9(5-7-10)11-8-12(11)13(15)16/h4-7,11-12H,8H2,1-3H3,(H,15,16)/t11-,12+/m0/s1. The number of rotatable bonds is 2. The van der Waals surface area contributed by atoms with Crippen LogP contribution in [0.1, 0.15) is 44.2 Å². The van der Waals surface area contributed by atoms with Crippen LogP contribution in [0.3, 0.4) is 0 Å². The molecule has 2 nitrogen and oxygen atoms in total. The maximum Gasteiger partial charge on any atom is 0.307 e. The van der Waals surface area contributed by atoms with Gasteiger partial charge in [0.1, 0.15) is 0 Å². The predicted octanol–water partition coefficient (Wildman–Crippen LogP) is 3.17. The molecule has 1 aliphatic carbocycles. The molecule has 1 aromatic carbocycles. The zero-order valence-electron chi connectivity index (χ0n) is 10.0. The second-order valence-corrected chi connectivity index (χ2v) is 5.66. The molecule has 0 radical (unpaired) electrons. The Hall–Kier alpha value is -1.31. The van der Waals surface area contributed by atoms with Gasteiger partial charge in [0, 0.05) is 0 Å². The second kappa shape index (κ2) is 3.62. The Morgan fingerprint density at radius 2 is 1.81 bits per heavy atom. The average Bonchev–Trinajstić information content (AvgIpc) is 2.96. The largest absolute Gasteiger partial charge is 0.481 e. The number of hydrogen-bond acceptors (Lipinski definition) is 1. The van der Waals surface area contributed by atoms with Crippen molar-refractivity contribution in [2.24, 2.45) is 5.92 Å². The van der Waals surface area contributed by atoms with Crippen molar-refractivity contribution in [2.45, 2.75) is 38.5 Å². The minimum Gasteiger partial charge on any atom is -0.481 e. The van der Waals surface area contributed by atoms with Crippen molar-refractivity contribution in [1.82, 2.24) is 0 Å². The average molecular weight is 218 g/mol. The highest BCUT2D eigenvalue weighted by Crippen LogP contribution is 2.47. The fourth-order valence-corrected chi connectivity index (χ4v) is 2.07. The van der Waals surface area contributed by atoms with Crippen LogP contribution < -0.4 is 0 Å². The highest BCUT2D eigenvalue weighted by atomic mass is 16.4. The van der Waals surface area contributed by atoms with Crippen molar-refractivity contribution in [2.75, 3.05) is 0 Å². The molecule has 1 fully saturated rings. The first-order chi connectivity index (χ1) is 7.39. The van der Waals surface area contributed by atoms with Crippen LogP contribution in [0.25, 0.3) is 0 Å². The number of benzene rings is 1. The van der Waals surface area contributed by atoms with E-state index in [-0.39, 0.29) is 17.3 Å². The van der Waals surface area contributed by atoms with E-state index < -0.39 is 5.97 Å². The van der Waals surface area contributed by atoms with Gasteiger partial charge in [0.25, 0.3) is 0 Å². The Bertz CT molecular complexity index is 398. The van der Waals surface area contributed by atoms with Gasteiger partial charge in [0.05, 0.1) is 5.92 Å². The van der Waals surface area contributed by atoms with Crippen LogP contribution in [-0.2, 0) is 10.2 Å². The fraction of sp³-hybridized carbons (Fsp3) is 0.500. The van der Waals surface area contributed by atoms with Gasteiger partial charge in [-0.2, -0.15) is 0 Å². The SMILES string of the molecule is CC(C)(C)c1ccc([C@@H]2C[C@H]2C(=O)O)cc1. The van der Waals surface area contributed by atoms with Gasteiger partial charge in [-0.3, -0.25) is 4.79 Å². The van der Waals surface area contributed by atoms with Crippen LogP contribution in [0.5, 0.6) is 0 Å². The zero-order valence-corrected chi connectivity index (χ0v) is 10.0. The van der Waals surface area contributed by atoms with Crippen molar-refractivity contribution in [3.05, 3.63) is 35.4 Å². The molecule has 1 aliphatic rings. The molecule has 1 saturated carbocycles. The van der Waals surface area contributed by atoms with Gasteiger partial charge in [-0.25, -0.2) is 0 Å². The van der Waals surface area contributed by atoms with Crippen molar-refractivity contribution in [3.63, 3.8) is 0 Å². The zero-order chi connectivity index (χ0) is 11.9. The summed E-state index contributed by atoms with van der Waals surface area (Å²) in [4.78, 5) is 10.8. The van der Waals surface area contributed by atoms with E-state index in [1.54, 1.807) is 0 Å². The molecule has 0 aromatic heterocycles. The monoisotopic (exact) mass is 218 g/mol. The summed E-state index contributed by atoms with van der Waals surface area (Å²) in [7, 11) is 0. The van der Waals surface area contributed by atoms with Gasteiger partial charge in [0.15, 0.2) is 0 Å². The predicted molar refractivity (Wildman–Crippen MR) is 63.6 cm³/mol. The Morgan fingerprint density at radius 1 is 1.25 bits per heavy atom. The Labute approximate surface area is 96.3 Å². The van der Waals surface area contributed by atoms with Gasteiger partial charge < -0.3 is 5.11 Å². The number of hydrogen-bond donors (Lipinski definition) is 1. The molecule has 0 bridgehead atoms. The quantitative estimate of drug-likeness (QED) is 0.827. The lowest BCUT2D eigenvalue weighted by Gasteiger charge is -2.19. The van der Waals surface area contributed by atoms with Gasteiger partial charge in [-0.15, -0.1) is 0 Å². The molecule has 1 aromatic rings.